The average Bonchev–Trinajstić information content (AvgIpc) is 3.27. The molecule has 0 unspecified atom stereocenters. The highest BCUT2D eigenvalue weighted by atomic mass is 32.2. The number of rotatable bonds is 6. The third-order valence-electron chi connectivity index (χ3n) is 5.06. The fourth-order valence-electron chi connectivity index (χ4n) is 3.40. The molecular weight excluding hydrogens is 438 g/mol. The molecule has 1 saturated heterocycles. The zero-order valence-electron chi connectivity index (χ0n) is 16.8. The second kappa shape index (κ2) is 8.69. The van der Waals surface area contributed by atoms with Gasteiger partial charge in [0.2, 0.25) is 5.95 Å². The molecule has 11 heteroatoms. The first-order valence-corrected chi connectivity index (χ1v) is 12.1. The van der Waals surface area contributed by atoms with Crippen LogP contribution in [0.4, 0.5) is 17.3 Å². The van der Waals surface area contributed by atoms with Gasteiger partial charge in [-0.05, 0) is 44.0 Å². The highest BCUT2D eigenvalue weighted by molar-refractivity contribution is 7.91. The Kier molecular flexibility index (Phi) is 5.99. The Hall–Kier alpha value is -2.89. The quantitative estimate of drug-likeness (QED) is 0.430. The molecule has 1 fully saturated rings. The predicted octanol–water partition coefficient (Wildman–Crippen LogP) is 4.34. The molecule has 0 aliphatic carbocycles. The van der Waals surface area contributed by atoms with E-state index in [0.717, 1.165) is 19.3 Å². The Morgan fingerprint density at radius 1 is 1.13 bits per heavy atom. The molecule has 0 spiro atoms. The summed E-state index contributed by atoms with van der Waals surface area (Å²) in [6.45, 7) is 2.78. The van der Waals surface area contributed by atoms with E-state index < -0.39 is 14.9 Å². The van der Waals surface area contributed by atoms with Crippen molar-refractivity contribution in [3.05, 3.63) is 58.3 Å². The number of nitro benzene ring substituents is 1. The first-order chi connectivity index (χ1) is 14.8. The van der Waals surface area contributed by atoms with Crippen molar-refractivity contribution in [1.29, 1.82) is 0 Å². The number of nitro groups is 1. The Morgan fingerprint density at radius 3 is 2.65 bits per heavy atom. The number of aromatic nitrogens is 2. The maximum atomic E-state index is 12.9. The van der Waals surface area contributed by atoms with Crippen molar-refractivity contribution in [3.63, 3.8) is 0 Å². The maximum Gasteiger partial charge on any atom is 0.274 e. The van der Waals surface area contributed by atoms with Crippen molar-refractivity contribution in [1.82, 2.24) is 14.3 Å². The summed E-state index contributed by atoms with van der Waals surface area (Å²) >= 11 is 1.17. The van der Waals surface area contributed by atoms with Gasteiger partial charge < -0.3 is 5.32 Å². The fourth-order valence-corrected chi connectivity index (χ4v) is 6.35. The summed E-state index contributed by atoms with van der Waals surface area (Å²) in [4.78, 5) is 20.1. The van der Waals surface area contributed by atoms with Gasteiger partial charge in [-0.25, -0.2) is 18.4 Å². The molecule has 9 nitrogen and oxygen atoms in total. The molecule has 0 bridgehead atoms. The summed E-state index contributed by atoms with van der Waals surface area (Å²) in [6, 6.07) is 9.85. The summed E-state index contributed by atoms with van der Waals surface area (Å²) in [7, 11) is -3.50. The number of aryl methyl sites for hydroxylation is 1. The predicted molar refractivity (Wildman–Crippen MR) is 119 cm³/mol. The molecule has 1 aromatic carbocycles. The topological polar surface area (TPSA) is 118 Å². The number of anilines is 2. The Morgan fingerprint density at radius 2 is 1.90 bits per heavy atom. The molecule has 2 aromatic heterocycles. The number of benzene rings is 1. The van der Waals surface area contributed by atoms with Crippen molar-refractivity contribution in [2.24, 2.45) is 0 Å². The molecule has 162 valence electrons. The van der Waals surface area contributed by atoms with Crippen molar-refractivity contribution in [2.45, 2.75) is 30.4 Å². The minimum atomic E-state index is -3.50. The first kappa shape index (κ1) is 21.3. The minimum absolute atomic E-state index is 0.00646. The van der Waals surface area contributed by atoms with Crippen LogP contribution in [0.15, 0.2) is 46.8 Å². The van der Waals surface area contributed by atoms with Gasteiger partial charge in [-0.15, -0.1) is 11.3 Å². The van der Waals surface area contributed by atoms with Gasteiger partial charge in [0.05, 0.1) is 15.5 Å². The molecule has 0 atom stereocenters. The molecular formula is C20H21N5O4S2. The summed E-state index contributed by atoms with van der Waals surface area (Å²) in [5, 5.41) is 14.1. The van der Waals surface area contributed by atoms with Gasteiger partial charge in [0, 0.05) is 36.6 Å². The molecule has 1 N–H and O–H groups in total. The summed E-state index contributed by atoms with van der Waals surface area (Å²) < 4.78 is 27.6. The second-order valence-corrected chi connectivity index (χ2v) is 10.5. The molecule has 0 saturated carbocycles. The second-order valence-electron chi connectivity index (χ2n) is 7.23. The number of hydrogen-bond acceptors (Lipinski definition) is 8. The Bertz CT molecular complexity index is 1220. The van der Waals surface area contributed by atoms with Gasteiger partial charge in [-0.2, -0.15) is 4.31 Å². The van der Waals surface area contributed by atoms with Crippen LogP contribution in [0.5, 0.6) is 0 Å². The van der Waals surface area contributed by atoms with E-state index in [4.69, 9.17) is 0 Å². The number of nitrogens with zero attached hydrogens (tertiary/aromatic N) is 4. The smallest absolute Gasteiger partial charge is 0.274 e. The van der Waals surface area contributed by atoms with E-state index in [-0.39, 0.29) is 11.6 Å². The largest absolute Gasteiger partial charge is 0.324 e. The highest BCUT2D eigenvalue weighted by Crippen LogP contribution is 2.33. The molecule has 0 amide bonds. The lowest BCUT2D eigenvalue weighted by molar-refractivity contribution is -0.385. The lowest BCUT2D eigenvalue weighted by atomic mass is 10.2. The van der Waals surface area contributed by atoms with E-state index >= 15 is 0 Å². The lowest BCUT2D eigenvalue weighted by Crippen LogP contribution is -2.35. The fraction of sp³-hybridized carbons (Fsp3) is 0.300. The SMILES string of the molecule is Cc1ccc(Nc2nccc(-c3ccc(S(=O)(=O)N4CCCCC4)s3)n2)cc1[N+](=O)[O-]. The van der Waals surface area contributed by atoms with Crippen LogP contribution in [0.25, 0.3) is 10.6 Å². The van der Waals surface area contributed by atoms with Gasteiger partial charge in [0.1, 0.15) is 4.21 Å². The molecule has 1 aliphatic heterocycles. The standard InChI is InChI=1S/C20H21N5O4S2/c1-14-5-6-15(13-17(14)25(26)27)22-20-21-10-9-16(23-20)18-7-8-19(30-18)31(28,29)24-11-3-2-4-12-24/h5-10,13H,2-4,11-12H2,1H3,(H,21,22,23). The summed E-state index contributed by atoms with van der Waals surface area (Å²) in [6.07, 6.45) is 4.39. The van der Waals surface area contributed by atoms with Crippen LogP contribution in [0.2, 0.25) is 0 Å². The molecule has 0 radical (unpaired) electrons. The monoisotopic (exact) mass is 459 g/mol. The van der Waals surface area contributed by atoms with Crippen LogP contribution >= 0.6 is 11.3 Å². The number of nitrogens with one attached hydrogen (secondary N) is 1. The minimum Gasteiger partial charge on any atom is -0.324 e. The average molecular weight is 460 g/mol. The van der Waals surface area contributed by atoms with Gasteiger partial charge >= 0.3 is 0 Å². The Labute approximate surface area is 184 Å². The lowest BCUT2D eigenvalue weighted by Gasteiger charge is -2.25. The molecule has 3 aromatic rings. The highest BCUT2D eigenvalue weighted by Gasteiger charge is 2.27. The number of piperidine rings is 1. The van der Waals surface area contributed by atoms with E-state index in [1.807, 2.05) is 0 Å². The van der Waals surface area contributed by atoms with Crippen LogP contribution in [0, 0.1) is 17.0 Å². The van der Waals surface area contributed by atoms with Crippen LogP contribution < -0.4 is 5.32 Å². The molecule has 3 heterocycles. The van der Waals surface area contributed by atoms with Gasteiger partial charge in [-0.1, -0.05) is 12.5 Å². The third-order valence-corrected chi connectivity index (χ3v) is 8.53. The Balaban J connectivity index is 1.57. The number of sulfonamides is 1. The van der Waals surface area contributed by atoms with Gasteiger partial charge in [0.15, 0.2) is 0 Å². The number of thiophene rings is 1. The zero-order valence-corrected chi connectivity index (χ0v) is 18.4. The van der Waals surface area contributed by atoms with Crippen LogP contribution in [0.1, 0.15) is 24.8 Å². The van der Waals surface area contributed by atoms with Gasteiger partial charge in [-0.3, -0.25) is 10.1 Å². The van der Waals surface area contributed by atoms with Crippen molar-refractivity contribution >= 4 is 38.7 Å². The van der Waals surface area contributed by atoms with Crippen LogP contribution in [-0.2, 0) is 10.0 Å². The normalized spacial score (nSPS) is 15.0. The van der Waals surface area contributed by atoms with Crippen molar-refractivity contribution < 1.29 is 13.3 Å². The van der Waals surface area contributed by atoms with Gasteiger partial charge in [0.25, 0.3) is 15.7 Å². The molecule has 31 heavy (non-hydrogen) atoms. The number of hydrogen-bond donors (Lipinski definition) is 1. The van der Waals surface area contributed by atoms with E-state index in [1.165, 1.54) is 17.4 Å². The molecule has 1 aliphatic rings. The van der Waals surface area contributed by atoms with E-state index in [2.05, 4.69) is 15.3 Å². The molecule has 4 rings (SSSR count). The van der Waals surface area contributed by atoms with Crippen molar-refractivity contribution in [3.8, 4) is 10.6 Å². The van der Waals surface area contributed by atoms with Crippen LogP contribution in [0.3, 0.4) is 0 Å². The van der Waals surface area contributed by atoms with E-state index in [0.29, 0.717) is 39.1 Å². The van der Waals surface area contributed by atoms with E-state index in [9.17, 15) is 18.5 Å². The summed E-state index contributed by atoms with van der Waals surface area (Å²) in [5.74, 6) is 0.268. The van der Waals surface area contributed by atoms with Crippen molar-refractivity contribution in [2.75, 3.05) is 18.4 Å². The third kappa shape index (κ3) is 4.58. The first-order valence-electron chi connectivity index (χ1n) is 9.80. The zero-order chi connectivity index (χ0) is 22.0. The van der Waals surface area contributed by atoms with E-state index in [1.54, 1.807) is 47.8 Å². The summed E-state index contributed by atoms with van der Waals surface area (Å²) in [5.41, 5.74) is 1.64. The van der Waals surface area contributed by atoms with Crippen LogP contribution in [-0.4, -0.2) is 40.7 Å². The maximum absolute atomic E-state index is 12.9.